The third kappa shape index (κ3) is 2.80. The van der Waals surface area contributed by atoms with E-state index in [0.29, 0.717) is 0 Å². The van der Waals surface area contributed by atoms with E-state index in [0.717, 1.165) is 41.2 Å². The summed E-state index contributed by atoms with van der Waals surface area (Å²) in [7, 11) is 0. The molecule has 1 unspecified atom stereocenters. The monoisotopic (exact) mass is 252 g/mol. The minimum Gasteiger partial charge on any atom is -0.501 e. The molecule has 4 heteroatoms. The van der Waals surface area contributed by atoms with Crippen molar-refractivity contribution in [2.45, 2.75) is 25.8 Å². The van der Waals surface area contributed by atoms with E-state index in [-0.39, 0.29) is 6.04 Å². The number of nitrogens with one attached hydrogen (secondary N) is 1. The summed E-state index contributed by atoms with van der Waals surface area (Å²) in [6.07, 6.45) is 3.80. The lowest BCUT2D eigenvalue weighted by Crippen LogP contribution is -2.30. The Kier molecular flexibility index (Phi) is 4.05. The summed E-state index contributed by atoms with van der Waals surface area (Å²) < 4.78 is 5.35. The fourth-order valence-corrected chi connectivity index (χ4v) is 2.40. The molecule has 0 radical (unpaired) electrons. The van der Waals surface area contributed by atoms with Crippen LogP contribution >= 0.6 is 11.6 Å². The molecule has 0 bridgehead atoms. The van der Waals surface area contributed by atoms with E-state index < -0.39 is 0 Å². The fraction of sp³-hybridized carbons (Fsp3) is 0.385. The normalized spacial score (nSPS) is 17.2. The van der Waals surface area contributed by atoms with Crippen molar-refractivity contribution in [3.8, 4) is 0 Å². The van der Waals surface area contributed by atoms with Gasteiger partial charge < -0.3 is 4.74 Å². The third-order valence-electron chi connectivity index (χ3n) is 2.97. The Labute approximate surface area is 107 Å². The van der Waals surface area contributed by atoms with Gasteiger partial charge in [0, 0.05) is 5.02 Å². The molecule has 0 amide bonds. The molecule has 3 N–H and O–H groups in total. The first-order chi connectivity index (χ1) is 8.22. The molecule has 0 saturated heterocycles. The highest BCUT2D eigenvalue weighted by atomic mass is 35.5. The Morgan fingerprint density at radius 3 is 2.88 bits per heavy atom. The zero-order valence-corrected chi connectivity index (χ0v) is 10.6. The quantitative estimate of drug-likeness (QED) is 0.642. The van der Waals surface area contributed by atoms with E-state index in [4.69, 9.17) is 22.2 Å². The molecular weight excluding hydrogens is 236 g/mol. The molecule has 2 rings (SSSR count). The topological polar surface area (TPSA) is 47.3 Å². The van der Waals surface area contributed by atoms with Crippen molar-refractivity contribution in [2.24, 2.45) is 5.84 Å². The van der Waals surface area contributed by atoms with Gasteiger partial charge in [0.05, 0.1) is 18.9 Å². The molecule has 0 aromatic heterocycles. The predicted molar refractivity (Wildman–Crippen MR) is 69.5 cm³/mol. The van der Waals surface area contributed by atoms with Crippen LogP contribution in [-0.4, -0.2) is 6.61 Å². The van der Waals surface area contributed by atoms with Crippen LogP contribution in [0, 0.1) is 6.92 Å². The summed E-state index contributed by atoms with van der Waals surface area (Å²) in [4.78, 5) is 0. The van der Waals surface area contributed by atoms with Crippen molar-refractivity contribution in [3.63, 3.8) is 0 Å². The van der Waals surface area contributed by atoms with Crippen molar-refractivity contribution in [2.75, 3.05) is 6.61 Å². The fourth-order valence-electron chi connectivity index (χ4n) is 2.06. The van der Waals surface area contributed by atoms with Gasteiger partial charge in [0.15, 0.2) is 0 Å². The number of nitrogens with two attached hydrogens (primary N) is 1. The summed E-state index contributed by atoms with van der Waals surface area (Å²) in [6.45, 7) is 2.80. The third-order valence-corrected chi connectivity index (χ3v) is 3.29. The standard InChI is InChI=1S/C13H17ClN2O/c1-9-4-5-11(12(14)7-9)13(16-15)10-3-2-6-17-8-10/h4-5,7-8,13,16H,2-3,6,15H2,1H3. The summed E-state index contributed by atoms with van der Waals surface area (Å²) in [6, 6.07) is 5.93. The molecule has 0 saturated carbocycles. The molecule has 1 aliphatic rings. The summed E-state index contributed by atoms with van der Waals surface area (Å²) in [5, 5.41) is 0.736. The molecule has 0 spiro atoms. The Hall–Kier alpha value is -1.03. The zero-order chi connectivity index (χ0) is 12.3. The van der Waals surface area contributed by atoms with Crippen LogP contribution in [0.25, 0.3) is 0 Å². The number of hydrazine groups is 1. The molecule has 1 heterocycles. The average molecular weight is 253 g/mol. The maximum absolute atomic E-state index is 6.26. The van der Waals surface area contributed by atoms with Crippen molar-refractivity contribution >= 4 is 11.6 Å². The Morgan fingerprint density at radius 1 is 1.47 bits per heavy atom. The molecule has 1 aliphatic heterocycles. The van der Waals surface area contributed by atoms with Crippen molar-refractivity contribution in [1.29, 1.82) is 0 Å². The molecule has 92 valence electrons. The summed E-state index contributed by atoms with van der Waals surface area (Å²) in [5.41, 5.74) is 6.10. The lowest BCUT2D eigenvalue weighted by Gasteiger charge is -2.23. The van der Waals surface area contributed by atoms with Crippen LogP contribution in [0.1, 0.15) is 30.0 Å². The first-order valence-electron chi connectivity index (χ1n) is 5.75. The predicted octanol–water partition coefficient (Wildman–Crippen LogP) is 2.85. The second-order valence-corrected chi connectivity index (χ2v) is 4.70. The lowest BCUT2D eigenvalue weighted by atomic mass is 9.95. The maximum atomic E-state index is 6.26. The molecule has 0 fully saturated rings. The van der Waals surface area contributed by atoms with Crippen LogP contribution in [-0.2, 0) is 4.74 Å². The SMILES string of the molecule is Cc1ccc(C(NN)C2=COCCC2)c(Cl)c1. The molecule has 1 aromatic rings. The van der Waals surface area contributed by atoms with Gasteiger partial charge >= 0.3 is 0 Å². The maximum Gasteiger partial charge on any atom is 0.0876 e. The van der Waals surface area contributed by atoms with Gasteiger partial charge in [0.2, 0.25) is 0 Å². The van der Waals surface area contributed by atoms with Crippen LogP contribution in [0.3, 0.4) is 0 Å². The van der Waals surface area contributed by atoms with Crippen LogP contribution in [0.15, 0.2) is 30.0 Å². The first-order valence-corrected chi connectivity index (χ1v) is 6.13. The van der Waals surface area contributed by atoms with E-state index >= 15 is 0 Å². The van der Waals surface area contributed by atoms with E-state index in [1.54, 1.807) is 6.26 Å². The summed E-state index contributed by atoms with van der Waals surface area (Å²) in [5.74, 6) is 5.64. The van der Waals surface area contributed by atoms with Crippen LogP contribution < -0.4 is 11.3 Å². The number of rotatable bonds is 3. The Morgan fingerprint density at radius 2 is 2.29 bits per heavy atom. The van der Waals surface area contributed by atoms with Gasteiger partial charge in [-0.25, -0.2) is 5.43 Å². The molecule has 17 heavy (non-hydrogen) atoms. The number of hydrogen-bond donors (Lipinski definition) is 2. The van der Waals surface area contributed by atoms with Crippen LogP contribution in [0.2, 0.25) is 5.02 Å². The van der Waals surface area contributed by atoms with E-state index in [1.807, 2.05) is 25.1 Å². The molecule has 0 aliphatic carbocycles. The minimum atomic E-state index is -0.0663. The van der Waals surface area contributed by atoms with Gasteiger partial charge in [0.1, 0.15) is 0 Å². The van der Waals surface area contributed by atoms with Crippen molar-refractivity contribution in [1.82, 2.24) is 5.43 Å². The smallest absolute Gasteiger partial charge is 0.0876 e. The Balaban J connectivity index is 2.31. The Bertz CT molecular complexity index is 431. The van der Waals surface area contributed by atoms with Gasteiger partial charge in [-0.05, 0) is 42.5 Å². The highest BCUT2D eigenvalue weighted by molar-refractivity contribution is 6.31. The number of benzene rings is 1. The van der Waals surface area contributed by atoms with E-state index in [1.165, 1.54) is 0 Å². The number of hydrogen-bond acceptors (Lipinski definition) is 3. The van der Waals surface area contributed by atoms with Crippen molar-refractivity contribution < 1.29 is 4.74 Å². The van der Waals surface area contributed by atoms with Gasteiger partial charge in [-0.2, -0.15) is 0 Å². The average Bonchev–Trinajstić information content (AvgIpc) is 2.34. The number of aryl methyl sites for hydroxylation is 1. The zero-order valence-electron chi connectivity index (χ0n) is 9.87. The highest BCUT2D eigenvalue weighted by Gasteiger charge is 2.20. The lowest BCUT2D eigenvalue weighted by molar-refractivity contribution is 0.219. The molecule has 1 aromatic carbocycles. The van der Waals surface area contributed by atoms with Crippen LogP contribution in [0.4, 0.5) is 0 Å². The van der Waals surface area contributed by atoms with Gasteiger partial charge in [-0.3, -0.25) is 5.84 Å². The molecular formula is C13H17ClN2O. The largest absolute Gasteiger partial charge is 0.501 e. The number of halogens is 1. The van der Waals surface area contributed by atoms with Gasteiger partial charge in [0.25, 0.3) is 0 Å². The van der Waals surface area contributed by atoms with Gasteiger partial charge in [-0.15, -0.1) is 0 Å². The summed E-state index contributed by atoms with van der Waals surface area (Å²) >= 11 is 6.26. The van der Waals surface area contributed by atoms with Crippen molar-refractivity contribution in [3.05, 3.63) is 46.2 Å². The van der Waals surface area contributed by atoms with Gasteiger partial charge in [-0.1, -0.05) is 23.7 Å². The van der Waals surface area contributed by atoms with E-state index in [2.05, 4.69) is 5.43 Å². The second kappa shape index (κ2) is 5.54. The van der Waals surface area contributed by atoms with Crippen LogP contribution in [0.5, 0.6) is 0 Å². The number of ether oxygens (including phenoxy) is 1. The molecule has 1 atom stereocenters. The van der Waals surface area contributed by atoms with E-state index in [9.17, 15) is 0 Å². The second-order valence-electron chi connectivity index (χ2n) is 4.29. The minimum absolute atomic E-state index is 0.0663. The first kappa shape index (κ1) is 12.4. The molecule has 3 nitrogen and oxygen atoms in total. The highest BCUT2D eigenvalue weighted by Crippen LogP contribution is 2.31.